The highest BCUT2D eigenvalue weighted by Crippen LogP contribution is 2.09. The number of carboxylic acid groups (broad SMARTS) is 1. The Morgan fingerprint density at radius 3 is 1.76 bits per heavy atom. The number of rotatable bonds is 12. The third-order valence-corrected chi connectivity index (χ3v) is 4.21. The summed E-state index contributed by atoms with van der Waals surface area (Å²) >= 11 is 0. The van der Waals surface area contributed by atoms with Crippen molar-refractivity contribution in [3.05, 3.63) is 0 Å². The number of carbonyl (C=O) groups excluding carboxylic acids is 3. The van der Waals surface area contributed by atoms with Gasteiger partial charge in [-0.15, -0.1) is 0 Å². The molecule has 0 radical (unpaired) electrons. The van der Waals surface area contributed by atoms with Crippen LogP contribution in [0.3, 0.4) is 0 Å². The lowest BCUT2D eigenvalue weighted by Gasteiger charge is -2.27. The molecule has 3 amide bonds. The summed E-state index contributed by atoms with van der Waals surface area (Å²) in [5, 5.41) is 34.7. The Morgan fingerprint density at radius 1 is 0.862 bits per heavy atom. The second-order valence-corrected chi connectivity index (χ2v) is 7.77. The second kappa shape index (κ2) is 12.3. The van der Waals surface area contributed by atoms with Crippen molar-refractivity contribution in [1.29, 1.82) is 0 Å². The first kappa shape index (κ1) is 26.8. The van der Waals surface area contributed by atoms with Gasteiger partial charge in [0.1, 0.15) is 24.2 Å². The molecule has 0 aliphatic heterocycles. The van der Waals surface area contributed by atoms with Gasteiger partial charge in [-0.1, -0.05) is 27.7 Å². The molecule has 0 aromatic carbocycles. The fourth-order valence-corrected chi connectivity index (χ4v) is 2.43. The van der Waals surface area contributed by atoms with Gasteiger partial charge in [-0.25, -0.2) is 4.79 Å². The Bertz CT molecular complexity index is 581. The second-order valence-electron chi connectivity index (χ2n) is 7.77. The van der Waals surface area contributed by atoms with E-state index in [1.54, 1.807) is 13.8 Å². The number of hydrogen-bond acceptors (Lipinski definition) is 7. The van der Waals surface area contributed by atoms with Gasteiger partial charge in [0.25, 0.3) is 0 Å². The van der Waals surface area contributed by atoms with E-state index in [1.807, 2.05) is 13.8 Å². The highest BCUT2D eigenvalue weighted by atomic mass is 16.4. The molecule has 11 heteroatoms. The summed E-state index contributed by atoms with van der Waals surface area (Å²) in [6, 6.07) is -4.82. The van der Waals surface area contributed by atoms with E-state index >= 15 is 0 Å². The standard InChI is InChI=1S/C18H34N4O7/c1-8(2)6-11(15(25)21-12(7-23)18(28)29)20-17(27)14(9(3)4)22-16(26)13(19)10(5)24/h8-14,23-24H,6-7,19H2,1-5H3,(H,20,27)(H,21,25)(H,22,26)(H,28,29). The average molecular weight is 418 g/mol. The van der Waals surface area contributed by atoms with Gasteiger partial charge >= 0.3 is 5.97 Å². The number of carboxylic acids is 1. The van der Waals surface area contributed by atoms with Gasteiger partial charge < -0.3 is 37.0 Å². The van der Waals surface area contributed by atoms with Crippen molar-refractivity contribution in [2.75, 3.05) is 6.61 Å². The summed E-state index contributed by atoms with van der Waals surface area (Å²) in [4.78, 5) is 48.3. The van der Waals surface area contributed by atoms with Crippen molar-refractivity contribution in [3.63, 3.8) is 0 Å². The molecule has 0 bridgehead atoms. The molecule has 0 spiro atoms. The minimum atomic E-state index is -1.50. The molecule has 29 heavy (non-hydrogen) atoms. The zero-order chi connectivity index (χ0) is 22.9. The van der Waals surface area contributed by atoms with Gasteiger partial charge in [-0.05, 0) is 25.2 Å². The predicted octanol–water partition coefficient (Wildman–Crippen LogP) is -2.07. The summed E-state index contributed by atoms with van der Waals surface area (Å²) in [5.41, 5.74) is 5.59. The molecule has 5 unspecified atom stereocenters. The van der Waals surface area contributed by atoms with E-state index in [1.165, 1.54) is 6.92 Å². The van der Waals surface area contributed by atoms with Crippen LogP contribution in [-0.4, -0.2) is 75.9 Å². The average Bonchev–Trinajstić information content (AvgIpc) is 2.61. The molecule has 0 aliphatic carbocycles. The Hall–Kier alpha value is -2.24. The first-order chi connectivity index (χ1) is 13.3. The predicted molar refractivity (Wildman–Crippen MR) is 104 cm³/mol. The topological polar surface area (TPSA) is 191 Å². The van der Waals surface area contributed by atoms with Gasteiger partial charge in [0.15, 0.2) is 0 Å². The van der Waals surface area contributed by atoms with Gasteiger partial charge in [0.2, 0.25) is 17.7 Å². The van der Waals surface area contributed by atoms with E-state index in [4.69, 9.17) is 15.9 Å². The zero-order valence-electron chi connectivity index (χ0n) is 17.5. The van der Waals surface area contributed by atoms with E-state index in [9.17, 15) is 24.3 Å². The number of aliphatic hydroxyl groups excluding tert-OH is 2. The number of aliphatic carboxylic acids is 1. The maximum Gasteiger partial charge on any atom is 0.328 e. The molecule has 0 aliphatic rings. The van der Waals surface area contributed by atoms with Crippen molar-refractivity contribution in [2.24, 2.45) is 17.6 Å². The van der Waals surface area contributed by atoms with Crippen molar-refractivity contribution in [1.82, 2.24) is 16.0 Å². The zero-order valence-corrected chi connectivity index (χ0v) is 17.5. The molecule has 0 aromatic heterocycles. The molecule has 0 heterocycles. The van der Waals surface area contributed by atoms with Gasteiger partial charge in [-0.3, -0.25) is 14.4 Å². The number of aliphatic hydroxyl groups is 2. The molecule has 0 aromatic rings. The summed E-state index contributed by atoms with van der Waals surface area (Å²) in [7, 11) is 0. The molecular weight excluding hydrogens is 384 g/mol. The molecule has 8 N–H and O–H groups in total. The highest BCUT2D eigenvalue weighted by molar-refractivity contribution is 5.94. The highest BCUT2D eigenvalue weighted by Gasteiger charge is 2.32. The van der Waals surface area contributed by atoms with Crippen molar-refractivity contribution < 1.29 is 34.5 Å². The van der Waals surface area contributed by atoms with Crippen LogP contribution in [0.1, 0.15) is 41.0 Å². The smallest absolute Gasteiger partial charge is 0.328 e. The van der Waals surface area contributed by atoms with Gasteiger partial charge in [-0.2, -0.15) is 0 Å². The van der Waals surface area contributed by atoms with Crippen LogP contribution in [0.15, 0.2) is 0 Å². The maximum atomic E-state index is 12.7. The van der Waals surface area contributed by atoms with Crippen LogP contribution in [-0.2, 0) is 19.2 Å². The van der Waals surface area contributed by atoms with E-state index < -0.39 is 60.6 Å². The minimum absolute atomic E-state index is 0.0146. The fraction of sp³-hybridized carbons (Fsp3) is 0.778. The number of hydrogen-bond donors (Lipinski definition) is 7. The van der Waals surface area contributed by atoms with Crippen LogP contribution < -0.4 is 21.7 Å². The summed E-state index contributed by atoms with van der Waals surface area (Å²) in [5.74, 6) is -3.91. The largest absolute Gasteiger partial charge is 0.480 e. The Labute approximate surface area is 170 Å². The molecule has 0 saturated heterocycles. The number of nitrogens with one attached hydrogen (secondary N) is 3. The summed E-state index contributed by atoms with van der Waals surface area (Å²) in [6.45, 7) is 7.54. The lowest BCUT2D eigenvalue weighted by molar-refractivity contribution is -0.143. The molecule has 5 atom stereocenters. The quantitative estimate of drug-likeness (QED) is 0.188. The monoisotopic (exact) mass is 418 g/mol. The first-order valence-electron chi connectivity index (χ1n) is 9.50. The lowest BCUT2D eigenvalue weighted by Crippen LogP contribution is -2.59. The number of nitrogens with two attached hydrogens (primary N) is 1. The van der Waals surface area contributed by atoms with Crippen LogP contribution in [0.5, 0.6) is 0 Å². The maximum absolute atomic E-state index is 12.7. The van der Waals surface area contributed by atoms with E-state index in [-0.39, 0.29) is 18.3 Å². The minimum Gasteiger partial charge on any atom is -0.480 e. The third-order valence-electron chi connectivity index (χ3n) is 4.21. The lowest BCUT2D eigenvalue weighted by atomic mass is 9.99. The first-order valence-corrected chi connectivity index (χ1v) is 9.50. The van der Waals surface area contributed by atoms with Crippen LogP contribution in [0.25, 0.3) is 0 Å². The van der Waals surface area contributed by atoms with Crippen molar-refractivity contribution >= 4 is 23.7 Å². The Balaban J connectivity index is 5.36. The Kier molecular flexibility index (Phi) is 11.4. The van der Waals surface area contributed by atoms with Crippen molar-refractivity contribution in [2.45, 2.75) is 71.3 Å². The molecule has 0 fully saturated rings. The fourth-order valence-electron chi connectivity index (χ4n) is 2.43. The van der Waals surface area contributed by atoms with E-state index in [0.29, 0.717) is 0 Å². The van der Waals surface area contributed by atoms with Crippen molar-refractivity contribution in [3.8, 4) is 0 Å². The molecule has 0 saturated carbocycles. The number of amides is 3. The molecule has 168 valence electrons. The summed E-state index contributed by atoms with van der Waals surface area (Å²) < 4.78 is 0. The normalized spacial score (nSPS) is 16.5. The SMILES string of the molecule is CC(C)CC(NC(=O)C(NC(=O)C(N)C(C)O)C(C)C)C(=O)NC(CO)C(=O)O. The van der Waals surface area contributed by atoms with Crippen LogP contribution in [0, 0.1) is 11.8 Å². The summed E-state index contributed by atoms with van der Waals surface area (Å²) in [6.07, 6.45) is -0.904. The Morgan fingerprint density at radius 2 is 1.38 bits per heavy atom. The molecular formula is C18H34N4O7. The molecule has 0 rings (SSSR count). The number of carbonyl (C=O) groups is 4. The van der Waals surface area contributed by atoms with Crippen LogP contribution in [0.2, 0.25) is 0 Å². The third kappa shape index (κ3) is 9.20. The molecule has 11 nitrogen and oxygen atoms in total. The van der Waals surface area contributed by atoms with E-state index in [2.05, 4.69) is 16.0 Å². The van der Waals surface area contributed by atoms with Gasteiger partial charge in [0.05, 0.1) is 12.7 Å². The van der Waals surface area contributed by atoms with Crippen LogP contribution >= 0.6 is 0 Å². The van der Waals surface area contributed by atoms with E-state index in [0.717, 1.165) is 0 Å². The van der Waals surface area contributed by atoms with Crippen LogP contribution in [0.4, 0.5) is 0 Å². The van der Waals surface area contributed by atoms with Gasteiger partial charge in [0, 0.05) is 0 Å².